The molecular weight excluding hydrogens is 396 g/mol. The molecule has 0 radical (unpaired) electrons. The molecule has 9 heteroatoms. The smallest absolute Gasteiger partial charge is 0.338 e. The standard InChI is InChI=1S/C20H22N2O6S/c1-27-17-9-7-16(8-10-17)20(24)28-15-19(23)21-11-13-22(14-12-21)29(25,26)18-5-3-2-4-6-18/h2-10H,11-15H2,1H3. The van der Waals surface area contributed by atoms with Gasteiger partial charge in [-0.15, -0.1) is 0 Å². The molecule has 2 aromatic carbocycles. The zero-order valence-electron chi connectivity index (χ0n) is 16.0. The third-order valence-electron chi connectivity index (χ3n) is 4.62. The number of amides is 1. The van der Waals surface area contributed by atoms with Crippen molar-refractivity contribution >= 4 is 21.9 Å². The van der Waals surface area contributed by atoms with E-state index in [-0.39, 0.29) is 37.0 Å². The third-order valence-corrected chi connectivity index (χ3v) is 6.54. The molecule has 0 aromatic heterocycles. The van der Waals surface area contributed by atoms with E-state index in [0.717, 1.165) is 0 Å². The van der Waals surface area contributed by atoms with Gasteiger partial charge in [-0.3, -0.25) is 4.79 Å². The van der Waals surface area contributed by atoms with Gasteiger partial charge in [-0.2, -0.15) is 4.31 Å². The first kappa shape index (κ1) is 20.8. The molecule has 0 atom stereocenters. The summed E-state index contributed by atoms with van der Waals surface area (Å²) in [7, 11) is -2.05. The fraction of sp³-hybridized carbons (Fsp3) is 0.300. The average molecular weight is 418 g/mol. The van der Waals surface area contributed by atoms with E-state index in [1.165, 1.54) is 16.3 Å². The van der Waals surface area contributed by atoms with Crippen LogP contribution in [0, 0.1) is 0 Å². The van der Waals surface area contributed by atoms with Gasteiger partial charge in [-0.25, -0.2) is 13.2 Å². The molecule has 8 nitrogen and oxygen atoms in total. The van der Waals surface area contributed by atoms with Gasteiger partial charge < -0.3 is 14.4 Å². The normalized spacial score (nSPS) is 15.0. The molecule has 0 spiro atoms. The molecule has 1 aliphatic heterocycles. The molecule has 1 amide bonds. The lowest BCUT2D eigenvalue weighted by Crippen LogP contribution is -2.51. The van der Waals surface area contributed by atoms with Crippen LogP contribution in [0.1, 0.15) is 10.4 Å². The van der Waals surface area contributed by atoms with E-state index in [4.69, 9.17) is 9.47 Å². The van der Waals surface area contributed by atoms with Crippen LogP contribution in [0.25, 0.3) is 0 Å². The second kappa shape index (κ2) is 9.06. The number of hydrogen-bond donors (Lipinski definition) is 0. The molecule has 3 rings (SSSR count). The number of sulfonamides is 1. The maximum absolute atomic E-state index is 12.6. The number of ether oxygens (including phenoxy) is 2. The Kier molecular flexibility index (Phi) is 6.50. The van der Waals surface area contributed by atoms with Gasteiger partial charge in [0.05, 0.1) is 17.6 Å². The SMILES string of the molecule is COc1ccc(C(=O)OCC(=O)N2CCN(S(=O)(=O)c3ccccc3)CC2)cc1. The number of esters is 1. The van der Waals surface area contributed by atoms with Gasteiger partial charge in [0, 0.05) is 26.2 Å². The maximum atomic E-state index is 12.6. The highest BCUT2D eigenvalue weighted by atomic mass is 32.2. The Morgan fingerprint density at radius 3 is 2.14 bits per heavy atom. The lowest BCUT2D eigenvalue weighted by molar-refractivity contribution is -0.135. The van der Waals surface area contributed by atoms with Crippen LogP contribution in [0.15, 0.2) is 59.5 Å². The highest BCUT2D eigenvalue weighted by Gasteiger charge is 2.30. The summed E-state index contributed by atoms with van der Waals surface area (Å²) in [6, 6.07) is 14.6. The first-order valence-electron chi connectivity index (χ1n) is 9.06. The molecule has 1 heterocycles. The average Bonchev–Trinajstić information content (AvgIpc) is 2.78. The third kappa shape index (κ3) is 4.93. The van der Waals surface area contributed by atoms with Gasteiger partial charge in [-0.1, -0.05) is 18.2 Å². The van der Waals surface area contributed by atoms with Crippen LogP contribution in [0.5, 0.6) is 5.75 Å². The quantitative estimate of drug-likeness (QED) is 0.658. The van der Waals surface area contributed by atoms with Crippen molar-refractivity contribution in [2.45, 2.75) is 4.90 Å². The second-order valence-electron chi connectivity index (χ2n) is 6.40. The molecule has 0 bridgehead atoms. The highest BCUT2D eigenvalue weighted by Crippen LogP contribution is 2.17. The van der Waals surface area contributed by atoms with Crippen LogP contribution in [0.3, 0.4) is 0 Å². The van der Waals surface area contributed by atoms with Crippen LogP contribution < -0.4 is 4.74 Å². The predicted octanol–water partition coefficient (Wildman–Crippen LogP) is 1.39. The van der Waals surface area contributed by atoms with E-state index in [0.29, 0.717) is 11.3 Å². The van der Waals surface area contributed by atoms with Gasteiger partial charge in [0.25, 0.3) is 5.91 Å². The Morgan fingerprint density at radius 1 is 0.931 bits per heavy atom. The van der Waals surface area contributed by atoms with Crippen molar-refractivity contribution in [3.63, 3.8) is 0 Å². The molecular formula is C20H22N2O6S. The Morgan fingerprint density at radius 2 is 1.55 bits per heavy atom. The molecule has 29 heavy (non-hydrogen) atoms. The van der Waals surface area contributed by atoms with Gasteiger partial charge in [0.1, 0.15) is 5.75 Å². The molecule has 1 aliphatic rings. The second-order valence-corrected chi connectivity index (χ2v) is 8.34. The van der Waals surface area contributed by atoms with Gasteiger partial charge in [0.2, 0.25) is 10.0 Å². The fourth-order valence-corrected chi connectivity index (χ4v) is 4.39. The maximum Gasteiger partial charge on any atom is 0.338 e. The number of benzene rings is 2. The molecule has 0 unspecified atom stereocenters. The first-order valence-corrected chi connectivity index (χ1v) is 10.5. The Hall–Kier alpha value is -2.91. The lowest BCUT2D eigenvalue weighted by Gasteiger charge is -2.33. The first-order chi connectivity index (χ1) is 13.9. The summed E-state index contributed by atoms with van der Waals surface area (Å²) in [5.41, 5.74) is 0.317. The summed E-state index contributed by atoms with van der Waals surface area (Å²) in [5, 5.41) is 0. The number of carbonyl (C=O) groups is 2. The number of hydrogen-bond acceptors (Lipinski definition) is 6. The summed E-state index contributed by atoms with van der Waals surface area (Å²) in [6.45, 7) is 0.469. The minimum atomic E-state index is -3.58. The van der Waals surface area contributed by atoms with Crippen molar-refractivity contribution in [1.29, 1.82) is 0 Å². The molecule has 0 N–H and O–H groups in total. The minimum absolute atomic E-state index is 0.190. The van der Waals surface area contributed by atoms with Crippen LogP contribution in [0.2, 0.25) is 0 Å². The van der Waals surface area contributed by atoms with Crippen molar-refractivity contribution in [2.75, 3.05) is 39.9 Å². The van der Waals surface area contributed by atoms with Crippen molar-refractivity contribution in [2.24, 2.45) is 0 Å². The van der Waals surface area contributed by atoms with Gasteiger partial charge >= 0.3 is 5.97 Å². The van der Waals surface area contributed by atoms with Crippen molar-refractivity contribution < 1.29 is 27.5 Å². The van der Waals surface area contributed by atoms with E-state index >= 15 is 0 Å². The Bertz CT molecular complexity index is 952. The highest BCUT2D eigenvalue weighted by molar-refractivity contribution is 7.89. The molecule has 1 saturated heterocycles. The molecule has 2 aromatic rings. The number of nitrogens with zero attached hydrogens (tertiary/aromatic N) is 2. The number of piperazine rings is 1. The Labute approximate surface area is 169 Å². The number of methoxy groups -OCH3 is 1. The lowest BCUT2D eigenvalue weighted by atomic mass is 10.2. The van der Waals surface area contributed by atoms with Crippen LogP contribution in [0.4, 0.5) is 0 Å². The molecule has 0 saturated carbocycles. The Balaban J connectivity index is 1.50. The van der Waals surface area contributed by atoms with E-state index in [1.807, 2.05) is 0 Å². The van der Waals surface area contributed by atoms with Crippen molar-refractivity contribution in [3.8, 4) is 5.75 Å². The largest absolute Gasteiger partial charge is 0.497 e. The van der Waals surface area contributed by atoms with Gasteiger partial charge in [0.15, 0.2) is 6.61 Å². The summed E-state index contributed by atoms with van der Waals surface area (Å²) in [5.74, 6) is -0.351. The number of rotatable bonds is 6. The van der Waals surface area contributed by atoms with E-state index in [2.05, 4.69) is 0 Å². The van der Waals surface area contributed by atoms with Crippen LogP contribution in [-0.4, -0.2) is 69.4 Å². The fourth-order valence-electron chi connectivity index (χ4n) is 2.95. The number of carbonyl (C=O) groups excluding carboxylic acids is 2. The summed E-state index contributed by atoms with van der Waals surface area (Å²) < 4.78 is 36.7. The monoisotopic (exact) mass is 418 g/mol. The van der Waals surface area contributed by atoms with Crippen molar-refractivity contribution in [3.05, 3.63) is 60.2 Å². The predicted molar refractivity (Wildman–Crippen MR) is 105 cm³/mol. The molecule has 1 fully saturated rings. The van der Waals surface area contributed by atoms with Crippen LogP contribution in [-0.2, 0) is 19.6 Å². The van der Waals surface area contributed by atoms with E-state index < -0.39 is 22.6 Å². The van der Waals surface area contributed by atoms with Crippen molar-refractivity contribution in [1.82, 2.24) is 9.21 Å². The van der Waals surface area contributed by atoms with Gasteiger partial charge in [-0.05, 0) is 36.4 Å². The summed E-state index contributed by atoms with van der Waals surface area (Å²) in [6.07, 6.45) is 0. The summed E-state index contributed by atoms with van der Waals surface area (Å²) >= 11 is 0. The summed E-state index contributed by atoms with van der Waals surface area (Å²) in [4.78, 5) is 26.1. The van der Waals surface area contributed by atoms with E-state index in [9.17, 15) is 18.0 Å². The molecule has 154 valence electrons. The zero-order valence-corrected chi connectivity index (χ0v) is 16.8. The minimum Gasteiger partial charge on any atom is -0.497 e. The van der Waals surface area contributed by atoms with E-state index in [1.54, 1.807) is 54.6 Å². The zero-order chi connectivity index (χ0) is 20.9. The topological polar surface area (TPSA) is 93.2 Å². The van der Waals surface area contributed by atoms with Crippen LogP contribution >= 0.6 is 0 Å². The molecule has 0 aliphatic carbocycles.